The summed E-state index contributed by atoms with van der Waals surface area (Å²) in [6.45, 7) is 0.274. The van der Waals surface area contributed by atoms with E-state index in [1.165, 1.54) is 6.07 Å². The van der Waals surface area contributed by atoms with Crippen molar-refractivity contribution >= 4 is 60.0 Å². The number of hydroxylamine groups is 2. The Kier molecular flexibility index (Phi) is 9.66. The van der Waals surface area contributed by atoms with Gasteiger partial charge in [0.2, 0.25) is 11.4 Å². The number of nitrogens with zero attached hydrogens (tertiary/aromatic N) is 3. The summed E-state index contributed by atoms with van der Waals surface area (Å²) in [5.41, 5.74) is 1.63. The number of unbranched alkanes of at least 4 members (excludes halogenated alkanes) is 2. The molecule has 0 aliphatic carbocycles. The van der Waals surface area contributed by atoms with Gasteiger partial charge in [-0.15, -0.1) is 5.06 Å². The third-order valence-corrected chi connectivity index (χ3v) is 8.80. The number of ether oxygens (including phenoxy) is 1. The number of aromatic nitrogens is 2. The number of amides is 2. The predicted octanol–water partition coefficient (Wildman–Crippen LogP) is 2.32. The largest absolute Gasteiger partial charge is 0.748 e. The molecule has 5 rings (SSSR count). The van der Waals surface area contributed by atoms with Crippen molar-refractivity contribution in [2.45, 2.75) is 56.4 Å². The maximum absolute atomic E-state index is 12.0. The smallest absolute Gasteiger partial charge is 0.333 e. The van der Waals surface area contributed by atoms with Gasteiger partial charge >= 0.3 is 5.97 Å². The minimum Gasteiger partial charge on any atom is -0.748 e. The highest BCUT2D eigenvalue weighted by atomic mass is 32.2. The van der Waals surface area contributed by atoms with E-state index in [2.05, 4.69) is 4.98 Å². The van der Waals surface area contributed by atoms with Crippen molar-refractivity contribution in [3.8, 4) is 17.2 Å². The standard InChI is InChI=1S/C29H29N3O12S2/c33-26-10-11-27(34)32(26)44-28(35)9-2-1-5-13-31-14-12-20(19-7-3-4-8-22(19)31)29-30-21-17-25(46(39,40)41)24(18-23(21)43-29)42-15-6-16-45(36,37)38/h3-4,7-8,12,14,17-18H,1-2,5-6,9-11,13,15-16H2,(H-,36,37,38,39,40,41)/p-1. The number of imide groups is 1. The number of rotatable bonds is 14. The lowest BCUT2D eigenvalue weighted by Gasteiger charge is -2.14. The molecule has 1 aliphatic rings. The van der Waals surface area contributed by atoms with Crippen LogP contribution in [0.5, 0.6) is 5.75 Å². The number of benzene rings is 2. The van der Waals surface area contributed by atoms with E-state index in [1.54, 1.807) is 6.07 Å². The molecule has 2 aromatic heterocycles. The molecule has 244 valence electrons. The van der Waals surface area contributed by atoms with Crippen LogP contribution in [0.2, 0.25) is 0 Å². The highest BCUT2D eigenvalue weighted by Gasteiger charge is 2.32. The molecule has 17 heteroatoms. The maximum Gasteiger partial charge on any atom is 0.333 e. The number of pyridine rings is 1. The van der Waals surface area contributed by atoms with Crippen LogP contribution < -0.4 is 9.30 Å². The summed E-state index contributed by atoms with van der Waals surface area (Å²) in [5, 5.41) is 1.31. The summed E-state index contributed by atoms with van der Waals surface area (Å²) >= 11 is 0. The molecule has 1 fully saturated rings. The molecule has 15 nitrogen and oxygen atoms in total. The van der Waals surface area contributed by atoms with Gasteiger partial charge in [-0.25, -0.2) is 26.6 Å². The Bertz CT molecular complexity index is 2020. The van der Waals surface area contributed by atoms with Crippen LogP contribution in [0.25, 0.3) is 33.5 Å². The van der Waals surface area contributed by atoms with E-state index in [0.717, 1.165) is 17.0 Å². The van der Waals surface area contributed by atoms with Crippen LogP contribution >= 0.6 is 0 Å². The Morgan fingerprint density at radius 3 is 2.43 bits per heavy atom. The summed E-state index contributed by atoms with van der Waals surface area (Å²) in [5.74, 6) is -2.61. The first-order valence-electron chi connectivity index (χ1n) is 14.3. The van der Waals surface area contributed by atoms with Gasteiger partial charge in [-0.2, -0.15) is 4.57 Å². The van der Waals surface area contributed by atoms with Gasteiger partial charge in [-0.3, -0.25) is 9.59 Å². The number of para-hydroxylation sites is 1. The lowest BCUT2D eigenvalue weighted by Crippen LogP contribution is -2.34. The van der Waals surface area contributed by atoms with Crippen LogP contribution in [0, 0.1) is 0 Å². The molecule has 0 spiro atoms. The Labute approximate surface area is 263 Å². The average molecular weight is 675 g/mol. The van der Waals surface area contributed by atoms with E-state index < -0.39 is 48.7 Å². The third-order valence-electron chi connectivity index (χ3n) is 7.15. The van der Waals surface area contributed by atoms with Crippen molar-refractivity contribution in [1.82, 2.24) is 10.0 Å². The fourth-order valence-corrected chi connectivity index (χ4v) is 6.07. The maximum atomic E-state index is 12.0. The number of hydrogen-bond donors (Lipinski definition) is 0. The fourth-order valence-electron chi connectivity index (χ4n) is 4.98. The minimum absolute atomic E-state index is 0.0352. The van der Waals surface area contributed by atoms with Crippen LogP contribution in [0.1, 0.15) is 44.9 Å². The SMILES string of the molecule is O=C(CCCCC[n+]1ccc(-c2nc3cc(S(=O)(=O)[O-])c(OCCCS(=O)(=O)[O-])cc3o2)c2ccccc21)ON1C(=O)CCC1=O. The lowest BCUT2D eigenvalue weighted by molar-refractivity contribution is -0.671. The van der Waals surface area contributed by atoms with Gasteiger partial charge in [0.15, 0.2) is 11.8 Å². The summed E-state index contributed by atoms with van der Waals surface area (Å²) in [6, 6.07) is 11.4. The number of carbonyl (C=O) groups is 3. The first-order valence-corrected chi connectivity index (χ1v) is 17.2. The molecule has 0 saturated carbocycles. The zero-order valence-corrected chi connectivity index (χ0v) is 25.9. The van der Waals surface area contributed by atoms with Crippen molar-refractivity contribution in [2.24, 2.45) is 0 Å². The molecule has 0 bridgehead atoms. The Balaban J connectivity index is 1.29. The molecule has 0 unspecified atom stereocenters. The van der Waals surface area contributed by atoms with E-state index >= 15 is 0 Å². The Morgan fingerprint density at radius 1 is 0.978 bits per heavy atom. The molecular formula is C29H28N3O12S2-. The molecule has 3 heterocycles. The number of hydrogen-bond acceptors (Lipinski definition) is 13. The molecule has 1 aliphatic heterocycles. The van der Waals surface area contributed by atoms with Gasteiger partial charge in [0, 0.05) is 49.6 Å². The van der Waals surface area contributed by atoms with Crippen molar-refractivity contribution in [2.75, 3.05) is 12.4 Å². The summed E-state index contributed by atoms with van der Waals surface area (Å²) in [6.07, 6.45) is 3.63. The molecule has 2 aromatic carbocycles. The first kappa shape index (κ1) is 32.9. The third kappa shape index (κ3) is 7.85. The second kappa shape index (κ2) is 13.5. The number of carbonyl (C=O) groups excluding carboxylic acids is 3. The van der Waals surface area contributed by atoms with Crippen molar-refractivity contribution < 1.29 is 58.9 Å². The summed E-state index contributed by atoms with van der Waals surface area (Å²) in [7, 11) is -9.50. The molecule has 0 N–H and O–H groups in total. The number of fused-ring (bicyclic) bond motifs is 2. The summed E-state index contributed by atoms with van der Waals surface area (Å²) < 4.78 is 81.6. The number of oxazole rings is 1. The number of aryl methyl sites for hydroxylation is 1. The normalized spacial score (nSPS) is 14.0. The molecule has 46 heavy (non-hydrogen) atoms. The van der Waals surface area contributed by atoms with Gasteiger partial charge in [-0.05, 0) is 31.4 Å². The second-order valence-corrected chi connectivity index (χ2v) is 13.4. The first-order chi connectivity index (χ1) is 21.8. The fraction of sp³-hybridized carbons (Fsp3) is 0.345. The van der Waals surface area contributed by atoms with E-state index in [9.17, 15) is 40.3 Å². The van der Waals surface area contributed by atoms with E-state index in [4.69, 9.17) is 14.0 Å². The van der Waals surface area contributed by atoms with Crippen LogP contribution in [0.4, 0.5) is 0 Å². The van der Waals surface area contributed by atoms with Crippen LogP contribution in [0.15, 0.2) is 58.0 Å². The second-order valence-electron chi connectivity index (χ2n) is 10.5. The van der Waals surface area contributed by atoms with Crippen LogP contribution in [-0.2, 0) is 46.0 Å². The van der Waals surface area contributed by atoms with Gasteiger partial charge < -0.3 is 23.1 Å². The molecule has 0 radical (unpaired) electrons. The monoisotopic (exact) mass is 674 g/mol. The zero-order chi connectivity index (χ0) is 33.1. The Morgan fingerprint density at radius 2 is 1.72 bits per heavy atom. The van der Waals surface area contributed by atoms with Crippen LogP contribution in [-0.4, -0.2) is 66.1 Å². The van der Waals surface area contributed by atoms with Crippen molar-refractivity contribution in [3.63, 3.8) is 0 Å². The van der Waals surface area contributed by atoms with Crippen molar-refractivity contribution in [1.29, 1.82) is 0 Å². The zero-order valence-electron chi connectivity index (χ0n) is 24.2. The molecule has 4 aromatic rings. The van der Waals surface area contributed by atoms with E-state index in [0.29, 0.717) is 36.4 Å². The van der Waals surface area contributed by atoms with E-state index in [-0.39, 0.29) is 55.0 Å². The van der Waals surface area contributed by atoms with Gasteiger partial charge in [-0.1, -0.05) is 12.1 Å². The highest BCUT2D eigenvalue weighted by molar-refractivity contribution is 7.86. The predicted molar refractivity (Wildman–Crippen MR) is 155 cm³/mol. The molecule has 2 amide bonds. The van der Waals surface area contributed by atoms with Crippen molar-refractivity contribution in [3.05, 3.63) is 48.7 Å². The highest BCUT2D eigenvalue weighted by Crippen LogP contribution is 2.34. The van der Waals surface area contributed by atoms with Gasteiger partial charge in [0.05, 0.1) is 32.6 Å². The molecular weight excluding hydrogens is 646 g/mol. The average Bonchev–Trinajstić information content (AvgIpc) is 3.55. The summed E-state index contributed by atoms with van der Waals surface area (Å²) in [4.78, 5) is 43.9. The Hall–Kier alpha value is -4.45. The van der Waals surface area contributed by atoms with Gasteiger partial charge in [0.25, 0.3) is 11.8 Å². The van der Waals surface area contributed by atoms with E-state index in [1.807, 2.05) is 35.0 Å². The molecule has 1 saturated heterocycles. The quantitative estimate of drug-likeness (QED) is 0.0813. The lowest BCUT2D eigenvalue weighted by atomic mass is 10.1. The molecule has 0 atom stereocenters. The minimum atomic E-state index is -5.01. The van der Waals surface area contributed by atoms with Gasteiger partial charge in [0.1, 0.15) is 27.9 Å². The topological polar surface area (TPSA) is 217 Å². The van der Waals surface area contributed by atoms with Crippen LogP contribution in [0.3, 0.4) is 0 Å².